The number of carboxylic acid groups (broad SMARTS) is 1. The molecule has 2 aromatic carbocycles. The summed E-state index contributed by atoms with van der Waals surface area (Å²) in [4.78, 5) is 23.7. The number of rotatable bonds is 7. The Bertz CT molecular complexity index is 749. The molecule has 0 heterocycles. The zero-order chi connectivity index (χ0) is 18.4. The van der Waals surface area contributed by atoms with Crippen molar-refractivity contribution in [2.45, 2.75) is 44.2 Å². The maximum Gasteiger partial charge on any atom is 0.305 e. The minimum atomic E-state index is -0.874. The molecular weight excluding hydrogens is 330 g/mol. The fourth-order valence-corrected chi connectivity index (χ4v) is 3.44. The molecule has 0 unspecified atom stereocenters. The van der Waals surface area contributed by atoms with E-state index in [0.29, 0.717) is 25.0 Å². The van der Waals surface area contributed by atoms with Gasteiger partial charge in [-0.1, -0.05) is 43.2 Å². The van der Waals surface area contributed by atoms with Gasteiger partial charge < -0.3 is 15.2 Å². The van der Waals surface area contributed by atoms with Crippen LogP contribution in [-0.4, -0.2) is 22.5 Å². The van der Waals surface area contributed by atoms with Gasteiger partial charge in [0.15, 0.2) is 0 Å². The first-order valence-corrected chi connectivity index (χ1v) is 8.87. The van der Waals surface area contributed by atoms with Gasteiger partial charge in [-0.15, -0.1) is 0 Å². The number of amides is 1. The lowest BCUT2D eigenvalue weighted by molar-refractivity contribution is -0.138. The SMILES string of the molecule is O=C(O)CC1(NC(=O)c2ccc(COc3ccccc3)cc2)CCCC1. The van der Waals surface area contributed by atoms with Crippen LogP contribution in [0.25, 0.3) is 0 Å². The molecule has 0 aliphatic heterocycles. The Labute approximate surface area is 153 Å². The highest BCUT2D eigenvalue weighted by Crippen LogP contribution is 2.33. The lowest BCUT2D eigenvalue weighted by Crippen LogP contribution is -2.47. The molecule has 1 aliphatic rings. The number of carbonyl (C=O) groups is 2. The van der Waals surface area contributed by atoms with Crippen molar-refractivity contribution in [3.8, 4) is 5.75 Å². The van der Waals surface area contributed by atoms with Crippen molar-refractivity contribution in [1.29, 1.82) is 0 Å². The number of nitrogens with one attached hydrogen (secondary N) is 1. The van der Waals surface area contributed by atoms with Crippen LogP contribution in [0.5, 0.6) is 5.75 Å². The molecule has 2 N–H and O–H groups in total. The van der Waals surface area contributed by atoms with E-state index in [2.05, 4.69) is 5.32 Å². The zero-order valence-electron chi connectivity index (χ0n) is 14.6. The Morgan fingerprint density at radius 2 is 1.65 bits per heavy atom. The fourth-order valence-electron chi connectivity index (χ4n) is 3.44. The van der Waals surface area contributed by atoms with Crippen molar-refractivity contribution in [3.63, 3.8) is 0 Å². The predicted molar refractivity (Wildman–Crippen MR) is 98.1 cm³/mol. The third-order valence-corrected chi connectivity index (χ3v) is 4.79. The Morgan fingerprint density at radius 1 is 1.00 bits per heavy atom. The van der Waals surface area contributed by atoms with Gasteiger partial charge in [-0.2, -0.15) is 0 Å². The molecule has 136 valence electrons. The first kappa shape index (κ1) is 18.0. The predicted octanol–water partition coefficient (Wildman–Crippen LogP) is 3.78. The molecule has 5 heteroatoms. The van der Waals surface area contributed by atoms with Crippen molar-refractivity contribution in [1.82, 2.24) is 5.32 Å². The Hall–Kier alpha value is -2.82. The molecule has 0 atom stereocenters. The van der Waals surface area contributed by atoms with E-state index in [-0.39, 0.29) is 12.3 Å². The van der Waals surface area contributed by atoms with Gasteiger partial charge in [-0.3, -0.25) is 9.59 Å². The lowest BCUT2D eigenvalue weighted by Gasteiger charge is -2.28. The Balaban J connectivity index is 1.60. The minimum absolute atomic E-state index is 0.0261. The largest absolute Gasteiger partial charge is 0.489 e. The van der Waals surface area contributed by atoms with E-state index in [9.17, 15) is 9.59 Å². The van der Waals surface area contributed by atoms with Crippen molar-refractivity contribution in [3.05, 3.63) is 65.7 Å². The van der Waals surface area contributed by atoms with Gasteiger partial charge in [0, 0.05) is 5.56 Å². The number of carboxylic acids is 1. The quantitative estimate of drug-likeness (QED) is 0.794. The van der Waals surface area contributed by atoms with E-state index in [1.165, 1.54) is 0 Å². The molecule has 0 spiro atoms. The normalized spacial score (nSPS) is 15.4. The molecule has 26 heavy (non-hydrogen) atoms. The molecule has 1 amide bonds. The highest BCUT2D eigenvalue weighted by atomic mass is 16.5. The second-order valence-electron chi connectivity index (χ2n) is 6.81. The molecule has 0 saturated heterocycles. The van der Waals surface area contributed by atoms with Crippen LogP contribution in [0.3, 0.4) is 0 Å². The number of carbonyl (C=O) groups excluding carboxylic acids is 1. The van der Waals surface area contributed by atoms with Crippen molar-refractivity contribution >= 4 is 11.9 Å². The van der Waals surface area contributed by atoms with Gasteiger partial charge in [-0.25, -0.2) is 0 Å². The summed E-state index contributed by atoms with van der Waals surface area (Å²) in [6, 6.07) is 16.8. The van der Waals surface area contributed by atoms with Gasteiger partial charge in [0.05, 0.1) is 12.0 Å². The number of aliphatic carboxylic acids is 1. The number of hydrogen-bond donors (Lipinski definition) is 2. The summed E-state index contributed by atoms with van der Waals surface area (Å²) >= 11 is 0. The summed E-state index contributed by atoms with van der Waals surface area (Å²) in [6.45, 7) is 0.425. The monoisotopic (exact) mass is 353 g/mol. The maximum atomic E-state index is 12.5. The van der Waals surface area contributed by atoms with Crippen molar-refractivity contribution < 1.29 is 19.4 Å². The molecule has 0 radical (unpaired) electrons. The van der Waals surface area contributed by atoms with Crippen LogP contribution in [0.2, 0.25) is 0 Å². The Morgan fingerprint density at radius 3 is 2.27 bits per heavy atom. The number of benzene rings is 2. The number of ether oxygens (including phenoxy) is 1. The van der Waals surface area contributed by atoms with Crippen molar-refractivity contribution in [2.75, 3.05) is 0 Å². The van der Waals surface area contributed by atoms with E-state index in [4.69, 9.17) is 9.84 Å². The standard InChI is InChI=1S/C21H23NO4/c23-19(24)14-21(12-4-5-13-21)22-20(25)17-10-8-16(9-11-17)15-26-18-6-2-1-3-7-18/h1-3,6-11H,4-5,12-15H2,(H,22,25)(H,23,24). The van der Waals surface area contributed by atoms with E-state index in [1.807, 2.05) is 42.5 Å². The first-order chi connectivity index (χ1) is 12.6. The van der Waals surface area contributed by atoms with Crippen LogP contribution in [-0.2, 0) is 11.4 Å². The van der Waals surface area contributed by atoms with Gasteiger partial charge in [0.2, 0.25) is 0 Å². The highest BCUT2D eigenvalue weighted by molar-refractivity contribution is 5.95. The smallest absolute Gasteiger partial charge is 0.305 e. The first-order valence-electron chi connectivity index (χ1n) is 8.87. The van der Waals surface area contributed by atoms with Gasteiger partial charge in [0.25, 0.3) is 5.91 Å². The lowest BCUT2D eigenvalue weighted by atomic mass is 9.92. The van der Waals surface area contributed by atoms with Gasteiger partial charge >= 0.3 is 5.97 Å². The molecule has 2 aromatic rings. The topological polar surface area (TPSA) is 75.6 Å². The number of hydrogen-bond acceptors (Lipinski definition) is 3. The van der Waals surface area contributed by atoms with Crippen LogP contribution >= 0.6 is 0 Å². The minimum Gasteiger partial charge on any atom is -0.489 e. The molecule has 1 fully saturated rings. The summed E-state index contributed by atoms with van der Waals surface area (Å²) in [5.41, 5.74) is 0.884. The van der Waals surface area contributed by atoms with Crippen LogP contribution in [0.1, 0.15) is 48.0 Å². The molecule has 0 bridgehead atoms. The maximum absolute atomic E-state index is 12.5. The van der Waals surface area contributed by atoms with E-state index in [0.717, 1.165) is 24.2 Å². The molecular formula is C21H23NO4. The second-order valence-corrected chi connectivity index (χ2v) is 6.81. The summed E-state index contributed by atoms with van der Waals surface area (Å²) in [6.07, 6.45) is 3.30. The molecule has 0 aromatic heterocycles. The fraction of sp³-hybridized carbons (Fsp3) is 0.333. The summed E-state index contributed by atoms with van der Waals surface area (Å²) in [5, 5.41) is 12.1. The summed E-state index contributed by atoms with van der Waals surface area (Å²) in [7, 11) is 0. The van der Waals surface area contributed by atoms with Crippen molar-refractivity contribution in [2.24, 2.45) is 0 Å². The highest BCUT2D eigenvalue weighted by Gasteiger charge is 2.37. The van der Waals surface area contributed by atoms with Crippen LogP contribution in [0.4, 0.5) is 0 Å². The van der Waals surface area contributed by atoms with Crippen LogP contribution in [0.15, 0.2) is 54.6 Å². The van der Waals surface area contributed by atoms with E-state index in [1.54, 1.807) is 12.1 Å². The van der Waals surface area contributed by atoms with E-state index >= 15 is 0 Å². The molecule has 1 aliphatic carbocycles. The summed E-state index contributed by atoms with van der Waals surface area (Å²) in [5.74, 6) is -0.296. The van der Waals surface area contributed by atoms with Crippen LogP contribution < -0.4 is 10.1 Å². The third kappa shape index (κ3) is 4.63. The third-order valence-electron chi connectivity index (χ3n) is 4.79. The zero-order valence-corrected chi connectivity index (χ0v) is 14.6. The Kier molecular flexibility index (Phi) is 5.56. The number of para-hydroxylation sites is 1. The van der Waals surface area contributed by atoms with Gasteiger partial charge in [-0.05, 0) is 42.7 Å². The molecule has 5 nitrogen and oxygen atoms in total. The average Bonchev–Trinajstić information content (AvgIpc) is 3.08. The molecule has 3 rings (SSSR count). The average molecular weight is 353 g/mol. The van der Waals surface area contributed by atoms with Crippen LogP contribution in [0, 0.1) is 0 Å². The second kappa shape index (κ2) is 8.04. The van der Waals surface area contributed by atoms with Gasteiger partial charge in [0.1, 0.15) is 12.4 Å². The van der Waals surface area contributed by atoms with E-state index < -0.39 is 11.5 Å². The summed E-state index contributed by atoms with van der Waals surface area (Å²) < 4.78 is 5.69. The molecule has 1 saturated carbocycles.